The van der Waals surface area contributed by atoms with Crippen LogP contribution in [0.25, 0.3) is 0 Å². The van der Waals surface area contributed by atoms with Gasteiger partial charge in [0.25, 0.3) is 5.91 Å². The fourth-order valence-electron chi connectivity index (χ4n) is 2.92. The molecule has 1 aliphatic rings. The van der Waals surface area contributed by atoms with Crippen molar-refractivity contribution in [2.75, 3.05) is 23.7 Å². The average molecular weight is 309 g/mol. The van der Waals surface area contributed by atoms with Crippen molar-refractivity contribution in [3.05, 3.63) is 10.4 Å². The second kappa shape index (κ2) is 6.05. The molecule has 5 nitrogen and oxygen atoms in total. The van der Waals surface area contributed by atoms with Crippen LogP contribution in [-0.4, -0.2) is 24.8 Å². The fraction of sp³-hybridized carbons (Fsp3) is 0.600. The SMILES string of the molecule is CC(=O)c1sc(N2CCC(C(C)C)CC2)c(C(N)=O)c1N. The van der Waals surface area contributed by atoms with Gasteiger partial charge in [0.2, 0.25) is 0 Å². The minimum absolute atomic E-state index is 0.122. The number of nitrogens with zero attached hydrogens (tertiary/aromatic N) is 1. The maximum Gasteiger partial charge on any atom is 0.253 e. The fourth-order valence-corrected chi connectivity index (χ4v) is 4.10. The zero-order valence-electron chi connectivity index (χ0n) is 12.8. The highest BCUT2D eigenvalue weighted by Crippen LogP contribution is 2.40. The molecular weight excluding hydrogens is 286 g/mol. The minimum Gasteiger partial charge on any atom is -0.397 e. The van der Waals surface area contributed by atoms with Crippen molar-refractivity contribution in [2.24, 2.45) is 17.6 Å². The van der Waals surface area contributed by atoms with Crippen LogP contribution in [0.2, 0.25) is 0 Å². The minimum atomic E-state index is -0.558. The number of primary amides is 1. The van der Waals surface area contributed by atoms with Gasteiger partial charge in [0.05, 0.1) is 16.1 Å². The summed E-state index contributed by atoms with van der Waals surface area (Å²) in [7, 11) is 0. The number of piperidine rings is 1. The van der Waals surface area contributed by atoms with E-state index in [9.17, 15) is 9.59 Å². The molecule has 0 atom stereocenters. The molecule has 1 aliphatic heterocycles. The van der Waals surface area contributed by atoms with Crippen LogP contribution in [0.1, 0.15) is 53.6 Å². The lowest BCUT2D eigenvalue weighted by Gasteiger charge is -2.34. The Bertz CT molecular complexity index is 558. The normalized spacial score (nSPS) is 16.5. The predicted octanol–water partition coefficient (Wildman–Crippen LogP) is 2.50. The second-order valence-electron chi connectivity index (χ2n) is 6.01. The molecule has 0 spiro atoms. The Labute approximate surface area is 129 Å². The Morgan fingerprint density at radius 1 is 1.29 bits per heavy atom. The van der Waals surface area contributed by atoms with Gasteiger partial charge in [0.1, 0.15) is 5.00 Å². The molecule has 116 valence electrons. The smallest absolute Gasteiger partial charge is 0.253 e. The molecule has 1 amide bonds. The Morgan fingerprint density at radius 3 is 2.29 bits per heavy atom. The van der Waals surface area contributed by atoms with E-state index in [0.29, 0.717) is 22.3 Å². The number of carbonyl (C=O) groups excluding carboxylic acids is 2. The second-order valence-corrected chi connectivity index (χ2v) is 7.01. The predicted molar refractivity (Wildman–Crippen MR) is 87.0 cm³/mol. The molecule has 21 heavy (non-hydrogen) atoms. The number of anilines is 2. The number of hydrogen-bond acceptors (Lipinski definition) is 5. The summed E-state index contributed by atoms with van der Waals surface area (Å²) in [5.41, 5.74) is 12.0. The molecule has 4 N–H and O–H groups in total. The Balaban J connectivity index is 2.30. The number of rotatable bonds is 4. The van der Waals surface area contributed by atoms with Crippen LogP contribution in [0.4, 0.5) is 10.7 Å². The van der Waals surface area contributed by atoms with E-state index in [1.165, 1.54) is 18.3 Å². The van der Waals surface area contributed by atoms with Crippen LogP contribution >= 0.6 is 11.3 Å². The van der Waals surface area contributed by atoms with Crippen LogP contribution in [-0.2, 0) is 0 Å². The highest BCUT2D eigenvalue weighted by atomic mass is 32.1. The number of ketones is 1. The maximum atomic E-state index is 11.7. The van der Waals surface area contributed by atoms with Crippen molar-refractivity contribution in [1.82, 2.24) is 0 Å². The van der Waals surface area contributed by atoms with Gasteiger partial charge in [-0.05, 0) is 24.7 Å². The molecule has 2 rings (SSSR count). The third-order valence-electron chi connectivity index (χ3n) is 4.26. The molecule has 0 aromatic carbocycles. The van der Waals surface area contributed by atoms with Crippen molar-refractivity contribution < 1.29 is 9.59 Å². The van der Waals surface area contributed by atoms with Crippen LogP contribution in [0, 0.1) is 11.8 Å². The number of amides is 1. The first-order valence-corrected chi connectivity index (χ1v) is 8.12. The largest absolute Gasteiger partial charge is 0.397 e. The van der Waals surface area contributed by atoms with Gasteiger partial charge in [-0.3, -0.25) is 9.59 Å². The maximum absolute atomic E-state index is 11.7. The Morgan fingerprint density at radius 2 is 1.86 bits per heavy atom. The summed E-state index contributed by atoms with van der Waals surface area (Å²) in [5.74, 6) is 0.701. The number of Topliss-reactive ketones (excluding diaryl/α,β-unsaturated/α-hetero) is 1. The average Bonchev–Trinajstić information content (AvgIpc) is 2.76. The van der Waals surface area contributed by atoms with Gasteiger partial charge in [-0.2, -0.15) is 0 Å². The summed E-state index contributed by atoms with van der Waals surface area (Å²) in [4.78, 5) is 25.9. The third kappa shape index (κ3) is 3.05. The lowest BCUT2D eigenvalue weighted by molar-refractivity contribution is 0.100. The summed E-state index contributed by atoms with van der Waals surface area (Å²) in [6.45, 7) is 7.70. The van der Waals surface area contributed by atoms with E-state index in [2.05, 4.69) is 18.7 Å². The van der Waals surface area contributed by atoms with Gasteiger partial charge in [0, 0.05) is 20.0 Å². The highest BCUT2D eigenvalue weighted by Gasteiger charge is 2.29. The molecule has 0 unspecified atom stereocenters. The summed E-state index contributed by atoms with van der Waals surface area (Å²) in [5, 5.41) is 0.757. The van der Waals surface area contributed by atoms with E-state index in [4.69, 9.17) is 11.5 Å². The lowest BCUT2D eigenvalue weighted by Crippen LogP contribution is -2.35. The molecule has 1 saturated heterocycles. The Hall–Kier alpha value is -1.56. The van der Waals surface area contributed by atoms with E-state index in [1.807, 2.05) is 0 Å². The zero-order valence-corrected chi connectivity index (χ0v) is 13.6. The van der Waals surface area contributed by atoms with Gasteiger partial charge in [0.15, 0.2) is 5.78 Å². The number of carbonyl (C=O) groups is 2. The summed E-state index contributed by atoms with van der Waals surface area (Å²) in [6.07, 6.45) is 2.17. The number of nitrogen functional groups attached to an aromatic ring is 1. The van der Waals surface area contributed by atoms with Crippen LogP contribution in [0.5, 0.6) is 0 Å². The lowest BCUT2D eigenvalue weighted by atomic mass is 9.87. The summed E-state index contributed by atoms with van der Waals surface area (Å²) < 4.78 is 0. The first kappa shape index (κ1) is 15.8. The van der Waals surface area contributed by atoms with E-state index in [-0.39, 0.29) is 11.5 Å². The van der Waals surface area contributed by atoms with Gasteiger partial charge in [-0.25, -0.2) is 0 Å². The van der Waals surface area contributed by atoms with Crippen molar-refractivity contribution in [2.45, 2.75) is 33.6 Å². The first-order valence-electron chi connectivity index (χ1n) is 7.30. The molecule has 1 aromatic rings. The monoisotopic (exact) mass is 309 g/mol. The molecule has 6 heteroatoms. The molecule has 1 fully saturated rings. The van der Waals surface area contributed by atoms with E-state index >= 15 is 0 Å². The van der Waals surface area contributed by atoms with Gasteiger partial charge < -0.3 is 16.4 Å². The first-order chi connectivity index (χ1) is 9.82. The molecule has 2 heterocycles. The standard InChI is InChI=1S/C15H23N3O2S/c1-8(2)10-4-6-18(7-5-10)15-11(14(17)20)12(16)13(21-15)9(3)19/h8,10H,4-7,16H2,1-3H3,(H2,17,20). The molecule has 0 radical (unpaired) electrons. The topological polar surface area (TPSA) is 89.4 Å². The van der Waals surface area contributed by atoms with Gasteiger partial charge in [-0.1, -0.05) is 13.8 Å². The van der Waals surface area contributed by atoms with E-state index in [1.54, 1.807) is 0 Å². The number of nitrogens with two attached hydrogens (primary N) is 2. The van der Waals surface area contributed by atoms with Crippen LogP contribution in [0.15, 0.2) is 0 Å². The molecule has 0 saturated carbocycles. The molecule has 0 bridgehead atoms. The summed E-state index contributed by atoms with van der Waals surface area (Å²) in [6, 6.07) is 0. The van der Waals surface area contributed by atoms with E-state index < -0.39 is 5.91 Å². The van der Waals surface area contributed by atoms with Crippen molar-refractivity contribution >= 4 is 33.7 Å². The zero-order chi connectivity index (χ0) is 15.7. The quantitative estimate of drug-likeness (QED) is 0.836. The number of thiophene rings is 1. The van der Waals surface area contributed by atoms with Crippen molar-refractivity contribution in [3.8, 4) is 0 Å². The van der Waals surface area contributed by atoms with Crippen LogP contribution < -0.4 is 16.4 Å². The molecule has 1 aromatic heterocycles. The van der Waals surface area contributed by atoms with Crippen molar-refractivity contribution in [3.63, 3.8) is 0 Å². The van der Waals surface area contributed by atoms with E-state index in [0.717, 1.165) is 30.9 Å². The van der Waals surface area contributed by atoms with Gasteiger partial charge >= 0.3 is 0 Å². The summed E-state index contributed by atoms with van der Waals surface area (Å²) >= 11 is 1.29. The third-order valence-corrected chi connectivity index (χ3v) is 5.63. The Kier molecular flexibility index (Phi) is 4.56. The molecular formula is C15H23N3O2S. The van der Waals surface area contributed by atoms with Crippen LogP contribution in [0.3, 0.4) is 0 Å². The van der Waals surface area contributed by atoms with Crippen molar-refractivity contribution in [1.29, 1.82) is 0 Å². The highest BCUT2D eigenvalue weighted by molar-refractivity contribution is 7.19. The number of hydrogen-bond donors (Lipinski definition) is 2. The molecule has 0 aliphatic carbocycles. The van der Waals surface area contributed by atoms with Gasteiger partial charge in [-0.15, -0.1) is 11.3 Å².